The Morgan fingerprint density at radius 1 is 1.25 bits per heavy atom. The maximum atomic E-state index is 6.22. The van der Waals surface area contributed by atoms with Crippen molar-refractivity contribution in [3.63, 3.8) is 0 Å². The fraction of sp³-hybridized carbons (Fsp3) is 0.455. The molecule has 168 valence electrons. The van der Waals surface area contributed by atoms with E-state index in [1.165, 1.54) is 0 Å². The minimum Gasteiger partial charge on any atom is -0.494 e. The largest absolute Gasteiger partial charge is 0.494 e. The van der Waals surface area contributed by atoms with E-state index in [2.05, 4.69) is 21.2 Å². The Morgan fingerprint density at radius 2 is 2.09 bits per heavy atom. The number of nitrogens with two attached hydrogens (primary N) is 2. The maximum Gasteiger partial charge on any atom is 0.223 e. The van der Waals surface area contributed by atoms with Crippen molar-refractivity contribution < 1.29 is 4.74 Å². The number of benzene rings is 1. The Hall–Kier alpha value is -3.40. The topological polar surface area (TPSA) is 125 Å². The first-order valence-corrected chi connectivity index (χ1v) is 10.9. The van der Waals surface area contributed by atoms with Crippen LogP contribution in [0.1, 0.15) is 38.4 Å². The molecule has 1 saturated heterocycles. The summed E-state index contributed by atoms with van der Waals surface area (Å²) in [4.78, 5) is 11.7. The number of ether oxygens (including phenoxy) is 1. The average Bonchev–Trinajstić information content (AvgIpc) is 3.40. The summed E-state index contributed by atoms with van der Waals surface area (Å²) < 4.78 is 9.00. The summed E-state index contributed by atoms with van der Waals surface area (Å²) in [6, 6.07) is 5.77. The summed E-state index contributed by atoms with van der Waals surface area (Å²) in [6.45, 7) is 6.47. The van der Waals surface area contributed by atoms with Gasteiger partial charge in [-0.05, 0) is 38.8 Å². The van der Waals surface area contributed by atoms with Gasteiger partial charge in [0, 0.05) is 36.1 Å². The second-order valence-electron chi connectivity index (χ2n) is 9.20. The standard InChI is InChI=1S/C22H29N9O/c1-22(2,24)13-30-12-15(10-25-30)29-9-5-6-14(11-29)19-27-20-16-7-4-8-17(32-3)18(16)26-21(23)31(20)28-19/h4,7-8,10,12,14H,5-6,9,11,13,24H2,1-3H3,(H2,23,26)/t14-/m1/s1. The number of hydrogen-bond donors (Lipinski definition) is 2. The number of nitrogens with zero attached hydrogens (tertiary/aromatic N) is 7. The molecule has 1 aliphatic rings. The molecule has 1 fully saturated rings. The minimum absolute atomic E-state index is 0.193. The smallest absolute Gasteiger partial charge is 0.223 e. The van der Waals surface area contributed by atoms with Crippen molar-refractivity contribution in [3.05, 3.63) is 36.4 Å². The number of methoxy groups -OCH3 is 1. The van der Waals surface area contributed by atoms with Crippen molar-refractivity contribution in [1.82, 2.24) is 29.4 Å². The van der Waals surface area contributed by atoms with Crippen molar-refractivity contribution in [2.45, 2.75) is 44.7 Å². The van der Waals surface area contributed by atoms with Gasteiger partial charge in [-0.25, -0.2) is 9.97 Å². The normalized spacial score (nSPS) is 17.4. The molecule has 4 aromatic rings. The maximum absolute atomic E-state index is 6.22. The minimum atomic E-state index is -0.312. The Bertz CT molecular complexity index is 1270. The lowest BCUT2D eigenvalue weighted by Gasteiger charge is -2.32. The Labute approximate surface area is 186 Å². The van der Waals surface area contributed by atoms with Gasteiger partial charge in [0.25, 0.3) is 0 Å². The summed E-state index contributed by atoms with van der Waals surface area (Å²) in [5.41, 5.74) is 14.5. The van der Waals surface area contributed by atoms with Gasteiger partial charge < -0.3 is 21.1 Å². The highest BCUT2D eigenvalue weighted by molar-refractivity contribution is 5.95. The molecule has 0 saturated carbocycles. The van der Waals surface area contributed by atoms with E-state index in [1.807, 2.05) is 42.9 Å². The number of anilines is 2. The molecule has 1 aliphatic heterocycles. The van der Waals surface area contributed by atoms with E-state index in [0.717, 1.165) is 42.8 Å². The molecule has 4 heterocycles. The number of fused-ring (bicyclic) bond motifs is 3. The van der Waals surface area contributed by atoms with Crippen LogP contribution in [0, 0.1) is 0 Å². The molecule has 10 nitrogen and oxygen atoms in total. The Morgan fingerprint density at radius 3 is 2.88 bits per heavy atom. The van der Waals surface area contributed by atoms with Crippen molar-refractivity contribution in [2.24, 2.45) is 5.73 Å². The molecule has 1 atom stereocenters. The van der Waals surface area contributed by atoms with Gasteiger partial charge in [-0.3, -0.25) is 4.68 Å². The van der Waals surface area contributed by atoms with Gasteiger partial charge in [-0.15, -0.1) is 5.10 Å². The van der Waals surface area contributed by atoms with Crippen LogP contribution in [0.25, 0.3) is 16.6 Å². The predicted octanol–water partition coefficient (Wildman–Crippen LogP) is 2.19. The third kappa shape index (κ3) is 3.70. The number of hydrogen-bond acceptors (Lipinski definition) is 8. The molecule has 32 heavy (non-hydrogen) atoms. The highest BCUT2D eigenvalue weighted by Gasteiger charge is 2.27. The van der Waals surface area contributed by atoms with Crippen molar-refractivity contribution in [2.75, 3.05) is 30.8 Å². The number of nitrogen functional groups attached to an aromatic ring is 1. The molecule has 0 amide bonds. The van der Waals surface area contributed by atoms with Crippen LogP contribution in [0.3, 0.4) is 0 Å². The molecule has 0 radical (unpaired) electrons. The first-order valence-electron chi connectivity index (χ1n) is 10.9. The van der Waals surface area contributed by atoms with Gasteiger partial charge in [0.1, 0.15) is 11.3 Å². The molecule has 0 spiro atoms. The molecule has 3 aromatic heterocycles. The summed E-state index contributed by atoms with van der Waals surface area (Å²) in [7, 11) is 1.62. The molecular formula is C22H29N9O. The highest BCUT2D eigenvalue weighted by Crippen LogP contribution is 2.31. The molecule has 0 bridgehead atoms. The molecule has 0 aliphatic carbocycles. The predicted molar refractivity (Wildman–Crippen MR) is 124 cm³/mol. The quantitative estimate of drug-likeness (QED) is 0.489. The van der Waals surface area contributed by atoms with E-state index in [9.17, 15) is 0 Å². The zero-order chi connectivity index (χ0) is 22.5. The summed E-state index contributed by atoms with van der Waals surface area (Å²) >= 11 is 0. The van der Waals surface area contributed by atoms with Crippen LogP contribution in [-0.2, 0) is 6.54 Å². The lowest BCUT2D eigenvalue weighted by Crippen LogP contribution is -2.37. The number of piperidine rings is 1. The number of para-hydroxylation sites is 1. The van der Waals surface area contributed by atoms with Crippen LogP contribution in [0.2, 0.25) is 0 Å². The molecule has 4 N–H and O–H groups in total. The second kappa shape index (κ2) is 7.63. The third-order valence-electron chi connectivity index (χ3n) is 5.87. The summed E-state index contributed by atoms with van der Waals surface area (Å²) in [5.74, 6) is 1.95. The SMILES string of the molecule is COc1cccc2c1nc(N)n1nc([C@@H]3CCCN(c4cnn(CC(C)(C)N)c4)C3)nc21. The van der Waals surface area contributed by atoms with Crippen molar-refractivity contribution >= 4 is 28.2 Å². The van der Waals surface area contributed by atoms with Gasteiger partial charge in [0.05, 0.1) is 25.5 Å². The van der Waals surface area contributed by atoms with E-state index in [-0.39, 0.29) is 11.5 Å². The van der Waals surface area contributed by atoms with E-state index in [1.54, 1.807) is 11.6 Å². The van der Waals surface area contributed by atoms with Crippen LogP contribution < -0.4 is 21.1 Å². The zero-order valence-corrected chi connectivity index (χ0v) is 18.7. The fourth-order valence-electron chi connectivity index (χ4n) is 4.42. The zero-order valence-electron chi connectivity index (χ0n) is 18.7. The fourth-order valence-corrected chi connectivity index (χ4v) is 4.42. The van der Waals surface area contributed by atoms with Crippen LogP contribution in [-0.4, -0.2) is 55.1 Å². The van der Waals surface area contributed by atoms with Crippen LogP contribution >= 0.6 is 0 Å². The average molecular weight is 436 g/mol. The van der Waals surface area contributed by atoms with Gasteiger partial charge in [-0.2, -0.15) is 9.61 Å². The number of rotatable bonds is 5. The van der Waals surface area contributed by atoms with Crippen LogP contribution in [0.15, 0.2) is 30.6 Å². The van der Waals surface area contributed by atoms with Gasteiger partial charge in [0.15, 0.2) is 11.5 Å². The van der Waals surface area contributed by atoms with E-state index >= 15 is 0 Å². The molecular weight excluding hydrogens is 406 g/mol. The highest BCUT2D eigenvalue weighted by atomic mass is 16.5. The lowest BCUT2D eigenvalue weighted by molar-refractivity contribution is 0.408. The molecule has 10 heteroatoms. The Kier molecular flexibility index (Phi) is 4.89. The summed E-state index contributed by atoms with van der Waals surface area (Å²) in [5, 5.41) is 10.1. The Balaban J connectivity index is 1.45. The lowest BCUT2D eigenvalue weighted by atomic mass is 9.97. The summed E-state index contributed by atoms with van der Waals surface area (Å²) in [6.07, 6.45) is 6.05. The van der Waals surface area contributed by atoms with E-state index in [0.29, 0.717) is 29.4 Å². The van der Waals surface area contributed by atoms with Gasteiger partial charge in [-0.1, -0.05) is 6.07 Å². The van der Waals surface area contributed by atoms with E-state index < -0.39 is 0 Å². The van der Waals surface area contributed by atoms with Gasteiger partial charge in [0.2, 0.25) is 5.95 Å². The van der Waals surface area contributed by atoms with Crippen LogP contribution in [0.5, 0.6) is 5.75 Å². The van der Waals surface area contributed by atoms with E-state index in [4.69, 9.17) is 26.3 Å². The van der Waals surface area contributed by atoms with Crippen molar-refractivity contribution in [1.29, 1.82) is 0 Å². The van der Waals surface area contributed by atoms with Crippen LogP contribution in [0.4, 0.5) is 11.6 Å². The van der Waals surface area contributed by atoms with Crippen molar-refractivity contribution in [3.8, 4) is 5.75 Å². The second-order valence-corrected chi connectivity index (χ2v) is 9.20. The molecule has 5 rings (SSSR count). The third-order valence-corrected chi connectivity index (χ3v) is 5.87. The monoisotopic (exact) mass is 435 g/mol. The number of aromatic nitrogens is 6. The molecule has 0 unspecified atom stereocenters. The first kappa shape index (κ1) is 20.5. The van der Waals surface area contributed by atoms with Gasteiger partial charge >= 0.3 is 0 Å². The first-order chi connectivity index (χ1) is 15.3. The molecule has 1 aromatic carbocycles.